The van der Waals surface area contributed by atoms with E-state index in [4.69, 9.17) is 0 Å². The number of hydrogen-bond acceptors (Lipinski definition) is 2. The Morgan fingerprint density at radius 2 is 0.547 bits per heavy atom. The van der Waals surface area contributed by atoms with Crippen LogP contribution in [-0.4, -0.2) is 0 Å². The van der Waals surface area contributed by atoms with E-state index in [-0.39, 0.29) is 0 Å². The van der Waals surface area contributed by atoms with Crippen molar-refractivity contribution in [3.8, 4) is 22.3 Å². The second-order valence-electron chi connectivity index (χ2n) is 13.9. The summed E-state index contributed by atoms with van der Waals surface area (Å²) in [5, 5.41) is 4.72. The second kappa shape index (κ2) is 12.1. The molecule has 2 aliphatic carbocycles. The van der Waals surface area contributed by atoms with Crippen molar-refractivity contribution in [2.45, 2.75) is 5.41 Å². The molecule has 0 radical (unpaired) electrons. The minimum atomic E-state index is -3.29. The van der Waals surface area contributed by atoms with Gasteiger partial charge in [-0.25, -0.2) is 0 Å². The first kappa shape index (κ1) is 31.9. The lowest BCUT2D eigenvalue weighted by Gasteiger charge is -2.31. The van der Waals surface area contributed by atoms with Crippen LogP contribution in [0, 0.1) is 0 Å². The maximum Gasteiger partial charge on any atom is 0.171 e. The van der Waals surface area contributed by atoms with Crippen LogP contribution in [0.3, 0.4) is 0 Å². The first-order valence-corrected chi connectivity index (χ1v) is 21.4. The zero-order chi connectivity index (χ0) is 35.6. The second-order valence-corrected chi connectivity index (χ2v) is 19.4. The third-order valence-corrected chi connectivity index (χ3v) is 17.4. The molecule has 0 unspecified atom stereocenters. The number of rotatable bonds is 6. The lowest BCUT2D eigenvalue weighted by Crippen LogP contribution is -2.28. The van der Waals surface area contributed by atoms with E-state index in [9.17, 15) is 0 Å². The number of fused-ring (bicyclic) bond motifs is 10. The quantitative estimate of drug-likeness (QED) is 0.161. The van der Waals surface area contributed by atoms with Gasteiger partial charge in [0, 0.05) is 31.8 Å². The standard InChI is InChI=1S/C49H34O2P2/c50-52(35-17-5-1-6-18-35,36-19-7-2-8-20-36)39-29-31-47-43(33-39)44-34-40(53(51,37-21-9-3-10-22-37)38-23-11-4-12-24-38)30-32-48(44)49(47)45-27-15-13-25-41(45)42-26-14-16-28-46(42)49/h1-34H. The first-order chi connectivity index (χ1) is 26.1. The molecule has 0 aliphatic heterocycles. The normalized spacial score (nSPS) is 13.6. The Balaban J connectivity index is 1.30. The lowest BCUT2D eigenvalue weighted by molar-refractivity contribution is 0.591. The summed E-state index contributed by atoms with van der Waals surface area (Å²) in [5.74, 6) is 0. The van der Waals surface area contributed by atoms with Crippen molar-refractivity contribution in [1.29, 1.82) is 0 Å². The molecule has 10 rings (SSSR count). The van der Waals surface area contributed by atoms with Crippen molar-refractivity contribution in [1.82, 2.24) is 0 Å². The van der Waals surface area contributed by atoms with Gasteiger partial charge in [-0.3, -0.25) is 0 Å². The molecule has 0 amide bonds. The highest BCUT2D eigenvalue weighted by molar-refractivity contribution is 7.85. The lowest BCUT2D eigenvalue weighted by atomic mass is 9.70. The van der Waals surface area contributed by atoms with Gasteiger partial charge in [0.25, 0.3) is 0 Å². The van der Waals surface area contributed by atoms with Crippen molar-refractivity contribution in [2.24, 2.45) is 0 Å². The van der Waals surface area contributed by atoms with Crippen molar-refractivity contribution < 1.29 is 9.13 Å². The zero-order valence-corrected chi connectivity index (χ0v) is 30.6. The maximum absolute atomic E-state index is 15.8. The summed E-state index contributed by atoms with van der Waals surface area (Å²) < 4.78 is 31.6. The van der Waals surface area contributed by atoms with Gasteiger partial charge in [0.05, 0.1) is 5.41 Å². The van der Waals surface area contributed by atoms with Gasteiger partial charge < -0.3 is 9.13 Å². The molecule has 0 saturated heterocycles. The molecule has 0 saturated carbocycles. The van der Waals surface area contributed by atoms with E-state index in [1.165, 1.54) is 22.3 Å². The van der Waals surface area contributed by atoms with Crippen molar-refractivity contribution >= 4 is 46.1 Å². The Bertz CT molecular complexity index is 2500. The molecule has 0 heterocycles. The molecule has 8 aromatic rings. The summed E-state index contributed by atoms with van der Waals surface area (Å²) >= 11 is 0. The predicted molar refractivity (Wildman–Crippen MR) is 222 cm³/mol. The van der Waals surface area contributed by atoms with E-state index in [0.29, 0.717) is 0 Å². The predicted octanol–water partition coefficient (Wildman–Crippen LogP) is 9.31. The van der Waals surface area contributed by atoms with Crippen molar-refractivity contribution in [3.05, 3.63) is 229 Å². The molecule has 0 bridgehead atoms. The average Bonchev–Trinajstić information content (AvgIpc) is 3.71. The highest BCUT2D eigenvalue weighted by Gasteiger charge is 2.52. The van der Waals surface area contributed by atoms with E-state index in [2.05, 4.69) is 84.9 Å². The van der Waals surface area contributed by atoms with Crippen LogP contribution in [0.4, 0.5) is 0 Å². The molecular formula is C49H34O2P2. The van der Waals surface area contributed by atoms with Crippen LogP contribution in [-0.2, 0) is 14.5 Å². The Hall–Kier alpha value is -5.78. The summed E-state index contributed by atoms with van der Waals surface area (Å²) in [6, 6.07) is 69.8. The van der Waals surface area contributed by atoms with Gasteiger partial charge in [-0.15, -0.1) is 0 Å². The molecule has 0 fully saturated rings. The Morgan fingerprint density at radius 3 is 0.887 bits per heavy atom. The van der Waals surface area contributed by atoms with E-state index in [0.717, 1.165) is 54.1 Å². The molecule has 0 N–H and O–H groups in total. The molecule has 0 atom stereocenters. The summed E-state index contributed by atoms with van der Waals surface area (Å²) in [4.78, 5) is 0. The molecule has 2 aliphatic rings. The fraction of sp³-hybridized carbons (Fsp3) is 0.0204. The summed E-state index contributed by atoms with van der Waals surface area (Å²) in [6.07, 6.45) is 0. The van der Waals surface area contributed by atoms with Crippen LogP contribution >= 0.6 is 14.3 Å². The number of hydrogen-bond donors (Lipinski definition) is 0. The molecule has 4 heteroatoms. The molecular weight excluding hydrogens is 682 g/mol. The molecule has 53 heavy (non-hydrogen) atoms. The topological polar surface area (TPSA) is 34.1 Å². The third kappa shape index (κ3) is 4.47. The Kier molecular flexibility index (Phi) is 7.31. The van der Waals surface area contributed by atoms with Crippen LogP contribution in [0.15, 0.2) is 206 Å². The van der Waals surface area contributed by atoms with Crippen LogP contribution in [0.25, 0.3) is 22.3 Å². The largest absolute Gasteiger partial charge is 0.309 e. The average molecular weight is 717 g/mol. The van der Waals surface area contributed by atoms with E-state index >= 15 is 9.13 Å². The smallest absolute Gasteiger partial charge is 0.171 e. The minimum Gasteiger partial charge on any atom is -0.309 e. The fourth-order valence-corrected chi connectivity index (χ4v) is 14.3. The Labute approximate surface area is 310 Å². The monoisotopic (exact) mass is 716 g/mol. The molecule has 252 valence electrons. The van der Waals surface area contributed by atoms with Crippen molar-refractivity contribution in [2.75, 3.05) is 0 Å². The molecule has 2 nitrogen and oxygen atoms in total. The van der Waals surface area contributed by atoms with Gasteiger partial charge in [-0.05, 0) is 56.6 Å². The SMILES string of the molecule is O=P(c1ccccc1)(c1ccccc1)c1ccc2c(c1)-c1cc(P(=O)(c3ccccc3)c3ccccc3)ccc1C21c2ccccc2-c2ccccc21. The van der Waals surface area contributed by atoms with Crippen molar-refractivity contribution in [3.63, 3.8) is 0 Å². The minimum absolute atomic E-state index is 0.595. The Morgan fingerprint density at radius 1 is 0.264 bits per heavy atom. The first-order valence-electron chi connectivity index (χ1n) is 18.0. The van der Waals surface area contributed by atoms with Crippen LogP contribution < -0.4 is 31.8 Å². The van der Waals surface area contributed by atoms with Gasteiger partial charge >= 0.3 is 0 Å². The van der Waals surface area contributed by atoms with E-state index in [1.807, 2.05) is 121 Å². The fourth-order valence-electron chi connectivity index (χ4n) is 8.96. The molecule has 0 aromatic heterocycles. The molecule has 8 aromatic carbocycles. The van der Waals surface area contributed by atoms with Gasteiger partial charge in [-0.2, -0.15) is 0 Å². The highest BCUT2D eigenvalue weighted by Crippen LogP contribution is 2.63. The number of benzene rings is 8. The van der Waals surface area contributed by atoms with Crippen LogP contribution in [0.5, 0.6) is 0 Å². The van der Waals surface area contributed by atoms with E-state index < -0.39 is 19.7 Å². The van der Waals surface area contributed by atoms with Gasteiger partial charge in [0.15, 0.2) is 14.3 Å². The summed E-state index contributed by atoms with van der Waals surface area (Å²) in [6.45, 7) is 0. The van der Waals surface area contributed by atoms with Crippen LogP contribution in [0.2, 0.25) is 0 Å². The van der Waals surface area contributed by atoms with E-state index in [1.54, 1.807) is 0 Å². The highest BCUT2D eigenvalue weighted by atomic mass is 31.2. The summed E-state index contributed by atoms with van der Waals surface area (Å²) in [5.41, 5.74) is 8.62. The summed E-state index contributed by atoms with van der Waals surface area (Å²) in [7, 11) is -6.58. The van der Waals surface area contributed by atoms with Gasteiger partial charge in [0.1, 0.15) is 0 Å². The molecule has 1 spiro atoms. The van der Waals surface area contributed by atoms with Crippen LogP contribution in [0.1, 0.15) is 22.3 Å². The zero-order valence-electron chi connectivity index (χ0n) is 28.8. The third-order valence-electron chi connectivity index (χ3n) is 11.3. The van der Waals surface area contributed by atoms with Gasteiger partial charge in [0.2, 0.25) is 0 Å². The van der Waals surface area contributed by atoms with Gasteiger partial charge in [-0.1, -0.05) is 194 Å². The maximum atomic E-state index is 15.8.